The molecule has 0 radical (unpaired) electrons. The number of hydrogen-bond donors (Lipinski definition) is 1. The largest absolute Gasteiger partial charge is 0.364 e. The van der Waals surface area contributed by atoms with Gasteiger partial charge in [0.15, 0.2) is 0 Å². The van der Waals surface area contributed by atoms with Crippen molar-refractivity contribution in [3.8, 4) is 6.07 Å². The molecule has 0 fully saturated rings. The van der Waals surface area contributed by atoms with Gasteiger partial charge in [-0.1, -0.05) is 0 Å². The van der Waals surface area contributed by atoms with E-state index in [-0.39, 0.29) is 5.91 Å². The Morgan fingerprint density at radius 2 is 2.39 bits per heavy atom. The minimum absolute atomic E-state index is 0.214. The maximum Gasteiger partial charge on any atom is 0.256 e. The third-order valence-corrected chi connectivity index (χ3v) is 2.59. The molecule has 0 saturated heterocycles. The molecule has 0 bridgehead atoms. The molecular weight excluding hydrogens is 228 g/mol. The second-order valence-corrected chi connectivity index (χ2v) is 3.89. The highest BCUT2D eigenvalue weighted by molar-refractivity contribution is 5.96. The van der Waals surface area contributed by atoms with Crippen LogP contribution >= 0.6 is 0 Å². The standard InChI is InChI=1S/C13H12N4O/c1-17(9-11-3-2-5-16-11)13(18)12-8-15-6-4-10(12)7-14/h2-6,8,16H,9H2,1H3. The van der Waals surface area contributed by atoms with E-state index >= 15 is 0 Å². The Kier molecular flexibility index (Phi) is 3.39. The van der Waals surface area contributed by atoms with Crippen molar-refractivity contribution in [2.45, 2.75) is 6.54 Å². The minimum Gasteiger partial charge on any atom is -0.364 e. The van der Waals surface area contributed by atoms with Crippen molar-refractivity contribution in [3.63, 3.8) is 0 Å². The normalized spacial score (nSPS) is 9.78. The summed E-state index contributed by atoms with van der Waals surface area (Å²) in [6, 6.07) is 7.31. The van der Waals surface area contributed by atoms with E-state index in [9.17, 15) is 4.79 Å². The van der Waals surface area contributed by atoms with Crippen LogP contribution in [0.25, 0.3) is 0 Å². The lowest BCUT2D eigenvalue weighted by Crippen LogP contribution is -2.27. The summed E-state index contributed by atoms with van der Waals surface area (Å²) >= 11 is 0. The molecule has 1 amide bonds. The van der Waals surface area contributed by atoms with Crippen LogP contribution in [0.4, 0.5) is 0 Å². The number of nitrogens with one attached hydrogen (secondary N) is 1. The molecule has 2 rings (SSSR count). The molecule has 2 aromatic heterocycles. The van der Waals surface area contributed by atoms with Gasteiger partial charge in [0.05, 0.1) is 17.7 Å². The van der Waals surface area contributed by atoms with Crippen LogP contribution in [-0.2, 0) is 6.54 Å². The van der Waals surface area contributed by atoms with Gasteiger partial charge in [0.25, 0.3) is 5.91 Å². The first-order chi connectivity index (χ1) is 8.72. The topological polar surface area (TPSA) is 72.8 Å². The fourth-order valence-electron chi connectivity index (χ4n) is 1.66. The van der Waals surface area contributed by atoms with Crippen LogP contribution in [0.5, 0.6) is 0 Å². The number of nitriles is 1. The molecule has 0 saturated carbocycles. The molecular formula is C13H12N4O. The van der Waals surface area contributed by atoms with Crippen LogP contribution in [0.15, 0.2) is 36.8 Å². The average molecular weight is 240 g/mol. The summed E-state index contributed by atoms with van der Waals surface area (Å²) < 4.78 is 0. The van der Waals surface area contributed by atoms with Crippen LogP contribution in [0.3, 0.4) is 0 Å². The lowest BCUT2D eigenvalue weighted by atomic mass is 10.1. The van der Waals surface area contributed by atoms with Crippen molar-refractivity contribution in [2.24, 2.45) is 0 Å². The van der Waals surface area contributed by atoms with Gasteiger partial charge < -0.3 is 9.88 Å². The Morgan fingerprint density at radius 1 is 1.56 bits per heavy atom. The van der Waals surface area contributed by atoms with E-state index in [1.54, 1.807) is 18.1 Å². The molecule has 5 nitrogen and oxygen atoms in total. The molecule has 0 aliphatic rings. The molecule has 0 atom stereocenters. The van der Waals surface area contributed by atoms with Crippen molar-refractivity contribution < 1.29 is 4.79 Å². The van der Waals surface area contributed by atoms with E-state index in [1.807, 2.05) is 18.2 Å². The summed E-state index contributed by atoms with van der Waals surface area (Å²) in [5.41, 5.74) is 1.61. The maximum absolute atomic E-state index is 12.2. The summed E-state index contributed by atoms with van der Waals surface area (Å²) in [5.74, 6) is -0.214. The van der Waals surface area contributed by atoms with Crippen LogP contribution in [0.1, 0.15) is 21.6 Å². The molecule has 0 aromatic carbocycles. The van der Waals surface area contributed by atoms with Crippen molar-refractivity contribution in [3.05, 3.63) is 53.6 Å². The van der Waals surface area contributed by atoms with Gasteiger partial charge in [0, 0.05) is 31.3 Å². The number of aromatic nitrogens is 2. The SMILES string of the molecule is CN(Cc1ccc[nH]1)C(=O)c1cnccc1C#N. The first-order valence-electron chi connectivity index (χ1n) is 5.44. The molecule has 0 aliphatic carbocycles. The number of aromatic amines is 1. The first-order valence-corrected chi connectivity index (χ1v) is 5.44. The lowest BCUT2D eigenvalue weighted by molar-refractivity contribution is 0.0783. The molecule has 18 heavy (non-hydrogen) atoms. The van der Waals surface area contributed by atoms with E-state index in [0.29, 0.717) is 17.7 Å². The second kappa shape index (κ2) is 5.15. The molecule has 0 aliphatic heterocycles. The fourth-order valence-corrected chi connectivity index (χ4v) is 1.66. The van der Waals surface area contributed by atoms with Gasteiger partial charge in [-0.05, 0) is 18.2 Å². The van der Waals surface area contributed by atoms with Gasteiger partial charge in [-0.15, -0.1) is 0 Å². The predicted molar refractivity (Wildman–Crippen MR) is 65.5 cm³/mol. The number of carbonyl (C=O) groups excluding carboxylic acids is 1. The number of amides is 1. The molecule has 2 heterocycles. The van der Waals surface area contributed by atoms with Gasteiger partial charge in [0.2, 0.25) is 0 Å². The highest BCUT2D eigenvalue weighted by atomic mass is 16.2. The smallest absolute Gasteiger partial charge is 0.256 e. The highest BCUT2D eigenvalue weighted by Crippen LogP contribution is 2.10. The van der Waals surface area contributed by atoms with E-state index in [0.717, 1.165) is 5.69 Å². The van der Waals surface area contributed by atoms with Crippen LogP contribution < -0.4 is 0 Å². The number of pyridine rings is 1. The minimum atomic E-state index is -0.214. The maximum atomic E-state index is 12.2. The van der Waals surface area contributed by atoms with Crippen molar-refractivity contribution >= 4 is 5.91 Å². The summed E-state index contributed by atoms with van der Waals surface area (Å²) in [5, 5.41) is 8.95. The third kappa shape index (κ3) is 2.38. The van der Waals surface area contributed by atoms with Gasteiger partial charge in [-0.3, -0.25) is 9.78 Å². The fraction of sp³-hybridized carbons (Fsp3) is 0.154. The summed E-state index contributed by atoms with van der Waals surface area (Å²) in [6.45, 7) is 0.464. The van der Waals surface area contributed by atoms with Crippen molar-refractivity contribution in [1.29, 1.82) is 5.26 Å². The molecule has 0 unspecified atom stereocenters. The van der Waals surface area contributed by atoms with Gasteiger partial charge >= 0.3 is 0 Å². The Bertz CT molecular complexity index is 583. The summed E-state index contributed by atoms with van der Waals surface area (Å²) in [7, 11) is 1.69. The Balaban J connectivity index is 2.18. The van der Waals surface area contributed by atoms with Crippen LogP contribution in [0.2, 0.25) is 0 Å². The zero-order chi connectivity index (χ0) is 13.0. The summed E-state index contributed by atoms with van der Waals surface area (Å²) in [6.07, 6.45) is 4.73. The third-order valence-electron chi connectivity index (χ3n) is 2.59. The van der Waals surface area contributed by atoms with Gasteiger partial charge in [0.1, 0.15) is 6.07 Å². The quantitative estimate of drug-likeness (QED) is 0.884. The lowest BCUT2D eigenvalue weighted by Gasteiger charge is -2.16. The summed E-state index contributed by atoms with van der Waals surface area (Å²) in [4.78, 5) is 20.6. The van der Waals surface area contributed by atoms with E-state index in [1.165, 1.54) is 18.5 Å². The zero-order valence-corrected chi connectivity index (χ0v) is 9.92. The van der Waals surface area contributed by atoms with Crippen molar-refractivity contribution in [2.75, 3.05) is 7.05 Å². The highest BCUT2D eigenvalue weighted by Gasteiger charge is 2.16. The van der Waals surface area contributed by atoms with Crippen LogP contribution in [-0.4, -0.2) is 27.8 Å². The monoisotopic (exact) mass is 240 g/mol. The van der Waals surface area contributed by atoms with Crippen molar-refractivity contribution in [1.82, 2.24) is 14.9 Å². The number of hydrogen-bond acceptors (Lipinski definition) is 3. The Morgan fingerprint density at radius 3 is 3.06 bits per heavy atom. The molecule has 5 heteroatoms. The number of carbonyl (C=O) groups is 1. The molecule has 1 N–H and O–H groups in total. The molecule has 0 spiro atoms. The molecule has 2 aromatic rings. The first kappa shape index (κ1) is 11.9. The van der Waals surface area contributed by atoms with Gasteiger partial charge in [-0.25, -0.2) is 0 Å². The number of nitrogens with zero attached hydrogens (tertiary/aromatic N) is 3. The Hall–Kier alpha value is -2.61. The Labute approximate surface area is 105 Å². The molecule has 90 valence electrons. The van der Waals surface area contributed by atoms with Gasteiger partial charge in [-0.2, -0.15) is 5.26 Å². The predicted octanol–water partition coefficient (Wildman–Crippen LogP) is 1.55. The van der Waals surface area contributed by atoms with Crippen LogP contribution in [0, 0.1) is 11.3 Å². The van der Waals surface area contributed by atoms with E-state index in [2.05, 4.69) is 9.97 Å². The second-order valence-electron chi connectivity index (χ2n) is 3.89. The van der Waals surface area contributed by atoms with E-state index < -0.39 is 0 Å². The number of rotatable bonds is 3. The average Bonchev–Trinajstić information content (AvgIpc) is 2.90. The zero-order valence-electron chi connectivity index (χ0n) is 9.92. The van der Waals surface area contributed by atoms with E-state index in [4.69, 9.17) is 5.26 Å². The number of H-pyrrole nitrogens is 1.